The van der Waals surface area contributed by atoms with Crippen molar-refractivity contribution >= 4 is 6.03 Å². The molecule has 1 aromatic rings. The van der Waals surface area contributed by atoms with Crippen LogP contribution in [0.2, 0.25) is 0 Å². The van der Waals surface area contributed by atoms with Crippen LogP contribution in [0.1, 0.15) is 43.9 Å². The van der Waals surface area contributed by atoms with Gasteiger partial charge in [-0.25, -0.2) is 4.79 Å². The highest BCUT2D eigenvalue weighted by atomic mass is 16.3. The predicted molar refractivity (Wildman–Crippen MR) is 80.8 cm³/mol. The molecule has 21 heavy (non-hydrogen) atoms. The Balaban J connectivity index is 1.75. The van der Waals surface area contributed by atoms with Crippen molar-refractivity contribution < 1.29 is 9.90 Å². The third-order valence-electron chi connectivity index (χ3n) is 4.21. The number of nitrogens with zero attached hydrogens (tertiary/aromatic N) is 2. The van der Waals surface area contributed by atoms with Gasteiger partial charge in [0.15, 0.2) is 0 Å². The quantitative estimate of drug-likeness (QED) is 0.766. The molecule has 1 aliphatic rings. The van der Waals surface area contributed by atoms with Crippen molar-refractivity contribution in [1.29, 1.82) is 0 Å². The van der Waals surface area contributed by atoms with Crippen molar-refractivity contribution in [2.45, 2.75) is 51.6 Å². The molecule has 1 aliphatic carbocycles. The SMILES string of the molecule is CCc1nn(C)cc1CNC(=O)NC1CCC(CO)CC1. The number of aromatic nitrogens is 2. The van der Waals surface area contributed by atoms with E-state index < -0.39 is 0 Å². The van der Waals surface area contributed by atoms with Crippen LogP contribution in [0.25, 0.3) is 0 Å². The van der Waals surface area contributed by atoms with E-state index in [4.69, 9.17) is 5.11 Å². The van der Waals surface area contributed by atoms with E-state index in [1.165, 1.54) is 0 Å². The molecule has 2 rings (SSSR count). The zero-order valence-electron chi connectivity index (χ0n) is 12.9. The van der Waals surface area contributed by atoms with Gasteiger partial charge < -0.3 is 15.7 Å². The summed E-state index contributed by atoms with van der Waals surface area (Å²) in [6.45, 7) is 2.83. The second-order valence-corrected chi connectivity index (χ2v) is 5.86. The molecule has 0 saturated heterocycles. The summed E-state index contributed by atoms with van der Waals surface area (Å²) in [6, 6.07) is 0.112. The largest absolute Gasteiger partial charge is 0.396 e. The highest BCUT2D eigenvalue weighted by Gasteiger charge is 2.21. The lowest BCUT2D eigenvalue weighted by atomic mass is 9.87. The molecule has 0 atom stereocenters. The molecule has 0 aliphatic heterocycles. The Morgan fingerprint density at radius 2 is 2.14 bits per heavy atom. The molecule has 0 radical (unpaired) electrons. The van der Waals surface area contributed by atoms with E-state index in [-0.39, 0.29) is 18.7 Å². The molecule has 2 amide bonds. The summed E-state index contributed by atoms with van der Waals surface area (Å²) in [5, 5.41) is 19.4. The summed E-state index contributed by atoms with van der Waals surface area (Å²) in [7, 11) is 1.89. The zero-order valence-corrected chi connectivity index (χ0v) is 12.9. The first-order valence-corrected chi connectivity index (χ1v) is 7.79. The highest BCUT2D eigenvalue weighted by Crippen LogP contribution is 2.23. The van der Waals surface area contributed by atoms with Gasteiger partial charge >= 0.3 is 6.03 Å². The Labute approximate surface area is 125 Å². The van der Waals surface area contributed by atoms with Gasteiger partial charge in [0.05, 0.1) is 5.69 Å². The first kappa shape index (κ1) is 15.8. The standard InChI is InChI=1S/C15H26N4O2/c1-3-14-12(9-19(2)18-14)8-16-15(21)17-13-6-4-11(10-20)5-7-13/h9,11,13,20H,3-8,10H2,1-2H3,(H2,16,17,21). The lowest BCUT2D eigenvalue weighted by Gasteiger charge is -2.27. The summed E-state index contributed by atoms with van der Waals surface area (Å²) in [5.41, 5.74) is 2.10. The van der Waals surface area contributed by atoms with Gasteiger partial charge in [0.1, 0.15) is 0 Å². The molecular weight excluding hydrogens is 268 g/mol. The molecule has 0 bridgehead atoms. The molecular formula is C15H26N4O2. The van der Waals surface area contributed by atoms with Gasteiger partial charge in [-0.15, -0.1) is 0 Å². The van der Waals surface area contributed by atoms with Crippen LogP contribution < -0.4 is 10.6 Å². The number of aliphatic hydroxyl groups excluding tert-OH is 1. The third kappa shape index (κ3) is 4.46. The van der Waals surface area contributed by atoms with Gasteiger partial charge in [-0.1, -0.05) is 6.92 Å². The monoisotopic (exact) mass is 294 g/mol. The van der Waals surface area contributed by atoms with Crippen LogP contribution >= 0.6 is 0 Å². The molecule has 6 nitrogen and oxygen atoms in total. The first-order chi connectivity index (χ1) is 10.1. The van der Waals surface area contributed by atoms with E-state index in [2.05, 4.69) is 22.7 Å². The number of hydrogen-bond acceptors (Lipinski definition) is 3. The molecule has 3 N–H and O–H groups in total. The van der Waals surface area contributed by atoms with E-state index >= 15 is 0 Å². The molecule has 1 saturated carbocycles. The molecule has 0 aromatic carbocycles. The third-order valence-corrected chi connectivity index (χ3v) is 4.21. The Bertz CT molecular complexity index is 464. The van der Waals surface area contributed by atoms with Crippen LogP contribution in [0.5, 0.6) is 0 Å². The topological polar surface area (TPSA) is 79.2 Å². The molecule has 1 heterocycles. The van der Waals surface area contributed by atoms with Crippen LogP contribution in [0, 0.1) is 5.92 Å². The van der Waals surface area contributed by atoms with Gasteiger partial charge in [0.2, 0.25) is 0 Å². The predicted octanol–water partition coefficient (Wildman–Crippen LogP) is 1.33. The molecule has 1 aromatic heterocycles. The second kappa shape index (κ2) is 7.45. The minimum atomic E-state index is -0.117. The Morgan fingerprint density at radius 3 is 2.76 bits per heavy atom. The molecule has 6 heteroatoms. The van der Waals surface area contributed by atoms with Gasteiger partial charge in [-0.05, 0) is 38.0 Å². The first-order valence-electron chi connectivity index (χ1n) is 7.79. The Kier molecular flexibility index (Phi) is 5.61. The number of carbonyl (C=O) groups excluding carboxylic acids is 1. The van der Waals surface area contributed by atoms with Gasteiger partial charge in [0.25, 0.3) is 0 Å². The average molecular weight is 294 g/mol. The smallest absolute Gasteiger partial charge is 0.315 e. The van der Waals surface area contributed by atoms with E-state index in [0.29, 0.717) is 12.5 Å². The van der Waals surface area contributed by atoms with E-state index in [9.17, 15) is 4.79 Å². The van der Waals surface area contributed by atoms with E-state index in [0.717, 1.165) is 43.4 Å². The van der Waals surface area contributed by atoms with Gasteiger partial charge in [-0.2, -0.15) is 5.10 Å². The van der Waals surface area contributed by atoms with E-state index in [1.807, 2.05) is 13.2 Å². The summed E-state index contributed by atoms with van der Waals surface area (Å²) in [5.74, 6) is 0.411. The number of hydrogen-bond donors (Lipinski definition) is 3. The van der Waals surface area contributed by atoms with E-state index in [1.54, 1.807) is 4.68 Å². The fourth-order valence-electron chi connectivity index (χ4n) is 2.93. The van der Waals surface area contributed by atoms with Crippen LogP contribution in [-0.2, 0) is 20.0 Å². The summed E-state index contributed by atoms with van der Waals surface area (Å²) >= 11 is 0. The Hall–Kier alpha value is -1.56. The maximum absolute atomic E-state index is 11.9. The maximum Gasteiger partial charge on any atom is 0.315 e. The van der Waals surface area contributed by atoms with Gasteiger partial charge in [0, 0.05) is 38.0 Å². The maximum atomic E-state index is 11.9. The van der Waals surface area contributed by atoms with Crippen LogP contribution in [0.15, 0.2) is 6.20 Å². The van der Waals surface area contributed by atoms with Crippen LogP contribution in [0.3, 0.4) is 0 Å². The minimum absolute atomic E-state index is 0.117. The number of urea groups is 1. The normalized spacial score (nSPS) is 22.0. The van der Waals surface area contributed by atoms with Crippen LogP contribution in [0.4, 0.5) is 4.79 Å². The fourth-order valence-corrected chi connectivity index (χ4v) is 2.93. The number of amides is 2. The van der Waals surface area contributed by atoms with Gasteiger partial charge in [-0.3, -0.25) is 4.68 Å². The van der Waals surface area contributed by atoms with Crippen molar-refractivity contribution in [3.8, 4) is 0 Å². The molecule has 0 spiro atoms. The van der Waals surface area contributed by atoms with Crippen LogP contribution in [-0.4, -0.2) is 33.6 Å². The molecule has 118 valence electrons. The number of aliphatic hydroxyl groups is 1. The molecule has 0 unspecified atom stereocenters. The second-order valence-electron chi connectivity index (χ2n) is 5.86. The lowest BCUT2D eigenvalue weighted by molar-refractivity contribution is 0.174. The van der Waals surface area contributed by atoms with Crippen molar-refractivity contribution in [2.24, 2.45) is 13.0 Å². The molecule has 1 fully saturated rings. The van der Waals surface area contributed by atoms with Crippen molar-refractivity contribution in [3.63, 3.8) is 0 Å². The van der Waals surface area contributed by atoms with Crippen molar-refractivity contribution in [3.05, 3.63) is 17.5 Å². The number of carbonyl (C=O) groups is 1. The summed E-state index contributed by atoms with van der Waals surface area (Å²) in [4.78, 5) is 11.9. The average Bonchev–Trinajstić information content (AvgIpc) is 2.86. The van der Waals surface area contributed by atoms with Crippen molar-refractivity contribution in [2.75, 3.05) is 6.61 Å². The summed E-state index contributed by atoms with van der Waals surface area (Å²) < 4.78 is 1.78. The lowest BCUT2D eigenvalue weighted by Crippen LogP contribution is -2.43. The minimum Gasteiger partial charge on any atom is -0.396 e. The Morgan fingerprint density at radius 1 is 1.43 bits per heavy atom. The number of nitrogens with one attached hydrogen (secondary N) is 2. The number of rotatable bonds is 5. The number of aryl methyl sites for hydroxylation is 2. The highest BCUT2D eigenvalue weighted by molar-refractivity contribution is 5.74. The zero-order chi connectivity index (χ0) is 15.2. The fraction of sp³-hybridized carbons (Fsp3) is 0.733. The summed E-state index contributed by atoms with van der Waals surface area (Å²) in [6.07, 6.45) is 6.70. The van der Waals surface area contributed by atoms with Crippen molar-refractivity contribution in [1.82, 2.24) is 20.4 Å².